The minimum Gasteiger partial charge on any atom is -0.381 e. The summed E-state index contributed by atoms with van der Waals surface area (Å²) in [5.74, 6) is -1.93. The number of H-pyrrole nitrogens is 1. The first-order valence-electron chi connectivity index (χ1n) is 6.47. The summed E-state index contributed by atoms with van der Waals surface area (Å²) in [7, 11) is -4.26. The number of anilines is 1. The lowest BCUT2D eigenvalue weighted by atomic mass is 10.1. The second-order valence-electron chi connectivity index (χ2n) is 5.04. The topological polar surface area (TPSA) is 106 Å². The van der Waals surface area contributed by atoms with Gasteiger partial charge in [-0.15, -0.1) is 0 Å². The van der Waals surface area contributed by atoms with Gasteiger partial charge >= 0.3 is 6.18 Å². The average molecular weight is 416 g/mol. The number of hydrogen-bond acceptors (Lipinski definition) is 5. The summed E-state index contributed by atoms with van der Waals surface area (Å²) >= 11 is 11.6. The highest BCUT2D eigenvalue weighted by atomic mass is 35.5. The normalized spacial score (nSPS) is 12.4. The fourth-order valence-corrected chi connectivity index (χ4v) is 4.55. The van der Waals surface area contributed by atoms with Crippen molar-refractivity contribution < 1.29 is 26.4 Å². The van der Waals surface area contributed by atoms with Crippen molar-refractivity contribution in [2.75, 3.05) is 5.73 Å². The largest absolute Gasteiger partial charge is 0.416 e. The molecule has 12 heteroatoms. The summed E-state index contributed by atoms with van der Waals surface area (Å²) in [4.78, 5) is 11.0. The van der Waals surface area contributed by atoms with E-state index in [2.05, 4.69) is 10.2 Å². The lowest BCUT2D eigenvalue weighted by molar-refractivity contribution is -0.137. The summed E-state index contributed by atoms with van der Waals surface area (Å²) in [5, 5.41) is 4.73. The van der Waals surface area contributed by atoms with E-state index < -0.39 is 53.9 Å². The Labute approximate surface area is 150 Å². The third kappa shape index (κ3) is 3.91. The van der Waals surface area contributed by atoms with Crippen LogP contribution >= 0.6 is 23.2 Å². The van der Waals surface area contributed by atoms with Crippen molar-refractivity contribution in [3.8, 4) is 0 Å². The summed E-state index contributed by atoms with van der Waals surface area (Å²) < 4.78 is 63.3. The summed E-state index contributed by atoms with van der Waals surface area (Å²) in [6.45, 7) is 1.10. The second-order valence-corrected chi connectivity index (χ2v) is 7.79. The molecule has 3 N–H and O–H groups in total. The van der Waals surface area contributed by atoms with Crippen LogP contribution in [0.2, 0.25) is 10.0 Å². The summed E-state index contributed by atoms with van der Waals surface area (Å²) in [6.07, 6.45) is -4.69. The van der Waals surface area contributed by atoms with Crippen molar-refractivity contribution in [1.82, 2.24) is 10.2 Å². The van der Waals surface area contributed by atoms with Crippen LogP contribution in [-0.4, -0.2) is 24.4 Å². The number of benzene rings is 1. The number of nitrogens with two attached hydrogens (primary N) is 1. The van der Waals surface area contributed by atoms with Crippen LogP contribution in [0.25, 0.3) is 0 Å². The number of aromatic nitrogens is 2. The molecule has 0 spiro atoms. The van der Waals surface area contributed by atoms with Gasteiger partial charge in [0.25, 0.3) is 0 Å². The molecule has 0 fully saturated rings. The molecule has 0 amide bonds. The SMILES string of the molecule is CC(=O)c1[nH]nc(N)c1S(=O)(=O)Cc1c(Cl)cc(C(F)(F)F)cc1Cl. The Kier molecular flexibility index (Phi) is 5.08. The van der Waals surface area contributed by atoms with Crippen LogP contribution < -0.4 is 5.73 Å². The van der Waals surface area contributed by atoms with E-state index in [1.54, 1.807) is 0 Å². The first-order valence-corrected chi connectivity index (χ1v) is 8.88. The molecule has 0 bridgehead atoms. The highest BCUT2D eigenvalue weighted by Crippen LogP contribution is 2.37. The van der Waals surface area contributed by atoms with Crippen LogP contribution in [0.3, 0.4) is 0 Å². The van der Waals surface area contributed by atoms with Crippen LogP contribution in [-0.2, 0) is 21.8 Å². The average Bonchev–Trinajstić information content (AvgIpc) is 2.84. The van der Waals surface area contributed by atoms with Crippen LogP contribution in [0.4, 0.5) is 19.0 Å². The van der Waals surface area contributed by atoms with Gasteiger partial charge < -0.3 is 5.73 Å². The van der Waals surface area contributed by atoms with Gasteiger partial charge in [-0.3, -0.25) is 9.89 Å². The molecule has 0 atom stereocenters. The molecule has 1 heterocycles. The Morgan fingerprint density at radius 2 is 1.80 bits per heavy atom. The predicted molar refractivity (Wildman–Crippen MR) is 85.4 cm³/mol. The Bertz CT molecular complexity index is 932. The second kappa shape index (κ2) is 6.50. The molecule has 2 aromatic rings. The first-order chi connectivity index (χ1) is 11.3. The third-order valence-corrected chi connectivity index (χ3v) is 5.59. The number of hydrogen-bond donors (Lipinski definition) is 2. The Balaban J connectivity index is 2.53. The molecular formula is C13H10Cl2F3N3O3S. The van der Waals surface area contributed by atoms with E-state index in [0.717, 1.165) is 6.92 Å². The number of nitrogens with zero attached hydrogens (tertiary/aromatic N) is 1. The van der Waals surface area contributed by atoms with E-state index >= 15 is 0 Å². The van der Waals surface area contributed by atoms with Crippen LogP contribution in [0.1, 0.15) is 28.5 Å². The van der Waals surface area contributed by atoms with Crippen molar-refractivity contribution in [3.05, 3.63) is 39.0 Å². The number of nitrogen functional groups attached to an aromatic ring is 1. The molecule has 25 heavy (non-hydrogen) atoms. The van der Waals surface area contributed by atoms with E-state index in [-0.39, 0.29) is 11.3 Å². The fraction of sp³-hybridized carbons (Fsp3) is 0.231. The van der Waals surface area contributed by atoms with Gasteiger partial charge in [-0.05, 0) is 12.1 Å². The number of aromatic amines is 1. The van der Waals surface area contributed by atoms with Crippen molar-refractivity contribution in [3.63, 3.8) is 0 Å². The Morgan fingerprint density at radius 1 is 1.28 bits per heavy atom. The number of carbonyl (C=O) groups excluding carboxylic acids is 1. The minimum absolute atomic E-state index is 0.244. The number of rotatable bonds is 4. The molecule has 0 saturated carbocycles. The van der Waals surface area contributed by atoms with Crippen LogP contribution in [0, 0.1) is 0 Å². The number of nitrogens with one attached hydrogen (secondary N) is 1. The molecule has 0 aliphatic carbocycles. The number of ketones is 1. The lowest BCUT2D eigenvalue weighted by Gasteiger charge is -2.13. The number of carbonyl (C=O) groups is 1. The maximum Gasteiger partial charge on any atom is 0.416 e. The summed E-state index contributed by atoms with van der Waals surface area (Å²) in [5.41, 5.74) is 3.79. The molecule has 1 aromatic heterocycles. The van der Waals surface area contributed by atoms with Gasteiger partial charge in [0.1, 0.15) is 10.6 Å². The zero-order chi connectivity index (χ0) is 19.2. The molecule has 0 aliphatic heterocycles. The van der Waals surface area contributed by atoms with Crippen molar-refractivity contribution in [2.24, 2.45) is 0 Å². The van der Waals surface area contributed by atoms with Crippen molar-refractivity contribution >= 4 is 44.6 Å². The summed E-state index contributed by atoms with van der Waals surface area (Å²) in [6, 6.07) is 1.14. The van der Waals surface area contributed by atoms with E-state index in [9.17, 15) is 26.4 Å². The zero-order valence-corrected chi connectivity index (χ0v) is 14.7. The number of sulfone groups is 1. The molecule has 2 rings (SSSR count). The Hall–Kier alpha value is -1.78. The minimum atomic E-state index is -4.69. The monoisotopic (exact) mass is 415 g/mol. The number of alkyl halides is 3. The van der Waals surface area contributed by atoms with Crippen LogP contribution in [0.5, 0.6) is 0 Å². The van der Waals surface area contributed by atoms with E-state index in [1.165, 1.54) is 0 Å². The highest BCUT2D eigenvalue weighted by molar-refractivity contribution is 7.91. The highest BCUT2D eigenvalue weighted by Gasteiger charge is 2.33. The zero-order valence-electron chi connectivity index (χ0n) is 12.4. The van der Waals surface area contributed by atoms with Gasteiger partial charge in [0.05, 0.1) is 11.3 Å². The Morgan fingerprint density at radius 3 is 2.24 bits per heavy atom. The van der Waals surface area contributed by atoms with Crippen molar-refractivity contribution in [2.45, 2.75) is 23.7 Å². The maximum atomic E-state index is 12.7. The molecule has 0 saturated heterocycles. The number of Topliss-reactive ketones (excluding diaryl/α,β-unsaturated/α-hetero) is 1. The molecule has 136 valence electrons. The van der Waals surface area contributed by atoms with Gasteiger partial charge in [-0.1, -0.05) is 23.2 Å². The molecule has 1 aromatic carbocycles. The number of halogens is 5. The third-order valence-electron chi connectivity index (χ3n) is 3.21. The first kappa shape index (κ1) is 19.5. The quantitative estimate of drug-likeness (QED) is 0.743. The van der Waals surface area contributed by atoms with Gasteiger partial charge in [0.2, 0.25) is 0 Å². The van der Waals surface area contributed by atoms with Crippen molar-refractivity contribution in [1.29, 1.82) is 0 Å². The van der Waals surface area contributed by atoms with Crippen LogP contribution in [0.15, 0.2) is 17.0 Å². The van der Waals surface area contributed by atoms with Gasteiger partial charge in [-0.2, -0.15) is 18.3 Å². The smallest absolute Gasteiger partial charge is 0.381 e. The standard InChI is InChI=1S/C13H10Cl2F3N3O3S/c1-5(22)10-11(12(19)21-20-10)25(23,24)4-7-8(14)2-6(3-9(7)15)13(16,17)18/h2-3H,4H2,1H3,(H3,19,20,21). The lowest BCUT2D eigenvalue weighted by Crippen LogP contribution is -2.12. The van der Waals surface area contributed by atoms with Gasteiger partial charge in [0.15, 0.2) is 21.4 Å². The molecule has 0 unspecified atom stereocenters. The van der Waals surface area contributed by atoms with E-state index in [0.29, 0.717) is 12.1 Å². The molecule has 6 nitrogen and oxygen atoms in total. The maximum absolute atomic E-state index is 12.7. The fourth-order valence-electron chi connectivity index (χ4n) is 2.07. The van der Waals surface area contributed by atoms with E-state index in [1.807, 2.05) is 0 Å². The predicted octanol–water partition coefficient (Wildman–Crippen LogP) is 3.49. The molecule has 0 aliphatic rings. The van der Waals surface area contributed by atoms with Gasteiger partial charge in [0, 0.05) is 22.5 Å². The van der Waals surface area contributed by atoms with E-state index in [4.69, 9.17) is 28.9 Å². The molecular weight excluding hydrogens is 406 g/mol. The molecule has 0 radical (unpaired) electrons. The van der Waals surface area contributed by atoms with Gasteiger partial charge in [-0.25, -0.2) is 8.42 Å².